The van der Waals surface area contributed by atoms with Crippen molar-refractivity contribution < 1.29 is 19.1 Å². The summed E-state index contributed by atoms with van der Waals surface area (Å²) in [6.07, 6.45) is 2.20. The zero-order valence-corrected chi connectivity index (χ0v) is 13.0. The van der Waals surface area contributed by atoms with Crippen LogP contribution in [0.1, 0.15) is 32.8 Å². The molecule has 0 aliphatic rings. The summed E-state index contributed by atoms with van der Waals surface area (Å²) in [6.45, 7) is 5.37. The molecule has 1 rings (SSSR count). The molecule has 0 fully saturated rings. The van der Waals surface area contributed by atoms with Gasteiger partial charge in [0.25, 0.3) is 0 Å². The van der Waals surface area contributed by atoms with Gasteiger partial charge in [0.2, 0.25) is 0 Å². The quantitative estimate of drug-likeness (QED) is 0.618. The smallest absolute Gasteiger partial charge is 0.334 e. The van der Waals surface area contributed by atoms with E-state index in [0.717, 1.165) is 5.56 Å². The molecule has 4 nitrogen and oxygen atoms in total. The van der Waals surface area contributed by atoms with Gasteiger partial charge in [-0.25, -0.2) is 4.79 Å². The third-order valence-corrected chi connectivity index (χ3v) is 2.65. The molecule has 0 N–H and O–H groups in total. The van der Waals surface area contributed by atoms with Gasteiger partial charge in [0, 0.05) is 5.57 Å². The van der Waals surface area contributed by atoms with E-state index in [9.17, 15) is 9.59 Å². The lowest BCUT2D eigenvalue weighted by molar-refractivity contribution is -0.152. The van der Waals surface area contributed by atoms with Crippen LogP contribution in [0.15, 0.2) is 42.0 Å². The maximum atomic E-state index is 12.1. The van der Waals surface area contributed by atoms with Crippen LogP contribution in [-0.2, 0) is 25.5 Å². The summed E-state index contributed by atoms with van der Waals surface area (Å²) in [6, 6.07) is 9.70. The number of hydrogen-bond donors (Lipinski definition) is 0. The van der Waals surface area contributed by atoms with E-state index in [1.54, 1.807) is 26.8 Å². The molecular formula is C17H22O4. The zero-order valence-electron chi connectivity index (χ0n) is 13.0. The Morgan fingerprint density at radius 2 is 1.76 bits per heavy atom. The van der Waals surface area contributed by atoms with Crippen molar-refractivity contribution in [3.8, 4) is 0 Å². The lowest BCUT2D eigenvalue weighted by atomic mass is 10.1. The van der Waals surface area contributed by atoms with Crippen LogP contribution in [0.4, 0.5) is 0 Å². The molecule has 0 aliphatic carbocycles. The number of benzene rings is 1. The average Bonchev–Trinajstić information content (AvgIpc) is 2.42. The van der Waals surface area contributed by atoms with Gasteiger partial charge in [-0.2, -0.15) is 0 Å². The Bertz CT molecular complexity index is 509. The van der Waals surface area contributed by atoms with Gasteiger partial charge in [-0.1, -0.05) is 36.4 Å². The van der Waals surface area contributed by atoms with E-state index in [0.29, 0.717) is 12.0 Å². The molecular weight excluding hydrogens is 268 g/mol. The normalized spacial score (nSPS) is 11.9. The minimum Gasteiger partial charge on any atom is -0.469 e. The number of allylic oxidation sites excluding steroid dienone is 1. The lowest BCUT2D eigenvalue weighted by Crippen LogP contribution is -2.25. The molecule has 0 amide bonds. The van der Waals surface area contributed by atoms with Crippen molar-refractivity contribution in [1.29, 1.82) is 0 Å². The summed E-state index contributed by atoms with van der Waals surface area (Å²) >= 11 is 0. The maximum Gasteiger partial charge on any atom is 0.334 e. The number of hydrogen-bond acceptors (Lipinski definition) is 4. The van der Waals surface area contributed by atoms with Crippen molar-refractivity contribution in [2.24, 2.45) is 0 Å². The van der Waals surface area contributed by atoms with Crippen molar-refractivity contribution in [2.45, 2.75) is 39.2 Å². The molecule has 0 heterocycles. The second-order valence-electron chi connectivity index (χ2n) is 5.67. The fourth-order valence-electron chi connectivity index (χ4n) is 1.65. The molecule has 0 unspecified atom stereocenters. The minimum absolute atomic E-state index is 0.0851. The number of carbonyl (C=O) groups is 2. The Labute approximate surface area is 125 Å². The predicted octanol–water partition coefficient (Wildman–Crippen LogP) is 3.06. The van der Waals surface area contributed by atoms with E-state index in [1.807, 2.05) is 30.3 Å². The average molecular weight is 290 g/mol. The van der Waals surface area contributed by atoms with Crippen LogP contribution < -0.4 is 0 Å². The molecule has 0 atom stereocenters. The highest BCUT2D eigenvalue weighted by Crippen LogP contribution is 2.15. The Morgan fingerprint density at radius 3 is 2.29 bits per heavy atom. The topological polar surface area (TPSA) is 52.6 Å². The summed E-state index contributed by atoms with van der Waals surface area (Å²) in [5.74, 6) is -0.941. The van der Waals surface area contributed by atoms with Gasteiger partial charge in [0.05, 0.1) is 13.5 Å². The van der Waals surface area contributed by atoms with Crippen LogP contribution in [0.5, 0.6) is 0 Å². The first kappa shape index (κ1) is 17.0. The first-order valence-corrected chi connectivity index (χ1v) is 6.85. The summed E-state index contributed by atoms with van der Waals surface area (Å²) in [7, 11) is 1.30. The number of rotatable bonds is 5. The van der Waals surface area contributed by atoms with E-state index in [4.69, 9.17) is 4.74 Å². The molecule has 0 saturated carbocycles. The summed E-state index contributed by atoms with van der Waals surface area (Å²) < 4.78 is 9.94. The van der Waals surface area contributed by atoms with Gasteiger partial charge in [0.1, 0.15) is 5.60 Å². The van der Waals surface area contributed by atoms with Crippen LogP contribution in [0.3, 0.4) is 0 Å². The minimum atomic E-state index is -0.598. The van der Waals surface area contributed by atoms with Crippen LogP contribution in [0.25, 0.3) is 0 Å². The molecule has 0 spiro atoms. The highest BCUT2D eigenvalue weighted by Gasteiger charge is 2.21. The van der Waals surface area contributed by atoms with Gasteiger partial charge in [-0.3, -0.25) is 4.79 Å². The Hall–Kier alpha value is -2.10. The Balaban J connectivity index is 2.85. The van der Waals surface area contributed by atoms with Crippen LogP contribution in [-0.4, -0.2) is 24.6 Å². The number of ether oxygens (including phenoxy) is 2. The van der Waals surface area contributed by atoms with Crippen LogP contribution in [0, 0.1) is 0 Å². The highest BCUT2D eigenvalue weighted by atomic mass is 16.6. The molecule has 1 aromatic carbocycles. The number of esters is 2. The molecule has 0 radical (unpaired) electrons. The van der Waals surface area contributed by atoms with E-state index in [2.05, 4.69) is 4.74 Å². The molecule has 114 valence electrons. The van der Waals surface area contributed by atoms with Gasteiger partial charge < -0.3 is 9.47 Å². The van der Waals surface area contributed by atoms with Crippen molar-refractivity contribution in [1.82, 2.24) is 0 Å². The lowest BCUT2D eigenvalue weighted by Gasteiger charge is -2.20. The van der Waals surface area contributed by atoms with E-state index >= 15 is 0 Å². The molecule has 4 heteroatoms. The maximum absolute atomic E-state index is 12.1. The molecule has 0 saturated heterocycles. The van der Waals surface area contributed by atoms with E-state index in [1.165, 1.54) is 7.11 Å². The van der Waals surface area contributed by atoms with E-state index in [-0.39, 0.29) is 6.42 Å². The standard InChI is InChI=1S/C17H22O4/c1-17(2,3)21-16(19)14(12-15(18)20-4)11-10-13-8-6-5-7-9-13/h5-9,11H,10,12H2,1-4H3. The number of carbonyl (C=O) groups excluding carboxylic acids is 2. The second-order valence-corrected chi connectivity index (χ2v) is 5.67. The zero-order chi connectivity index (χ0) is 15.9. The molecule has 0 aliphatic heterocycles. The van der Waals surface area contributed by atoms with E-state index < -0.39 is 17.5 Å². The van der Waals surface area contributed by atoms with Gasteiger partial charge in [-0.05, 0) is 32.8 Å². The van der Waals surface area contributed by atoms with Crippen molar-refractivity contribution in [3.05, 3.63) is 47.5 Å². The summed E-state index contributed by atoms with van der Waals surface area (Å²) in [4.78, 5) is 23.6. The predicted molar refractivity (Wildman–Crippen MR) is 80.7 cm³/mol. The van der Waals surface area contributed by atoms with Crippen LogP contribution in [0.2, 0.25) is 0 Å². The highest BCUT2D eigenvalue weighted by molar-refractivity contribution is 5.94. The first-order chi connectivity index (χ1) is 9.81. The fourth-order valence-corrected chi connectivity index (χ4v) is 1.65. The number of methoxy groups -OCH3 is 1. The second kappa shape index (κ2) is 7.62. The van der Waals surface area contributed by atoms with Crippen molar-refractivity contribution in [2.75, 3.05) is 7.11 Å². The summed E-state index contributed by atoms with van der Waals surface area (Å²) in [5.41, 5.74) is 0.781. The molecule has 21 heavy (non-hydrogen) atoms. The third-order valence-electron chi connectivity index (χ3n) is 2.65. The Kier molecular flexibility index (Phi) is 6.15. The molecule has 0 bridgehead atoms. The van der Waals surface area contributed by atoms with Crippen molar-refractivity contribution in [3.63, 3.8) is 0 Å². The Morgan fingerprint density at radius 1 is 1.14 bits per heavy atom. The van der Waals surface area contributed by atoms with Gasteiger partial charge in [0.15, 0.2) is 0 Å². The SMILES string of the molecule is COC(=O)CC(=CCc1ccccc1)C(=O)OC(C)(C)C. The first-order valence-electron chi connectivity index (χ1n) is 6.85. The van der Waals surface area contributed by atoms with Gasteiger partial charge in [-0.15, -0.1) is 0 Å². The monoisotopic (exact) mass is 290 g/mol. The fraction of sp³-hybridized carbons (Fsp3) is 0.412. The van der Waals surface area contributed by atoms with Crippen LogP contribution >= 0.6 is 0 Å². The summed E-state index contributed by atoms with van der Waals surface area (Å²) in [5, 5.41) is 0. The molecule has 0 aromatic heterocycles. The molecule has 1 aromatic rings. The van der Waals surface area contributed by atoms with Gasteiger partial charge >= 0.3 is 11.9 Å². The largest absolute Gasteiger partial charge is 0.469 e. The third kappa shape index (κ3) is 6.75. The van der Waals surface area contributed by atoms with Crippen molar-refractivity contribution >= 4 is 11.9 Å².